The molecule has 0 spiro atoms. The van der Waals surface area contributed by atoms with E-state index >= 15 is 0 Å². The number of ether oxygens (including phenoxy) is 2. The lowest BCUT2D eigenvalue weighted by Gasteiger charge is -2.24. The lowest BCUT2D eigenvalue weighted by molar-refractivity contribution is -0.130. The topological polar surface area (TPSA) is 42.0 Å². The molecule has 28 heavy (non-hydrogen) atoms. The van der Waals surface area contributed by atoms with Gasteiger partial charge in [0.05, 0.1) is 14.2 Å². The van der Waals surface area contributed by atoms with E-state index < -0.39 is 0 Å². The summed E-state index contributed by atoms with van der Waals surface area (Å²) in [4.78, 5) is 17.0. The van der Waals surface area contributed by atoms with Crippen LogP contribution in [0.5, 0.6) is 11.5 Å². The Balaban J connectivity index is 1.61. The zero-order chi connectivity index (χ0) is 19.9. The zero-order valence-corrected chi connectivity index (χ0v) is 17.1. The fourth-order valence-electron chi connectivity index (χ4n) is 3.71. The molecule has 0 radical (unpaired) electrons. The molecule has 150 valence electrons. The summed E-state index contributed by atoms with van der Waals surface area (Å²) in [6, 6.07) is 14.2. The van der Waals surface area contributed by atoms with Crippen LogP contribution in [0.4, 0.5) is 5.69 Å². The Morgan fingerprint density at radius 3 is 2.32 bits per heavy atom. The molecule has 0 saturated carbocycles. The van der Waals surface area contributed by atoms with Crippen molar-refractivity contribution in [1.29, 1.82) is 0 Å². The number of amides is 1. The Kier molecular flexibility index (Phi) is 6.80. The molecule has 0 N–H and O–H groups in total. The smallest absolute Gasteiger partial charge is 0.222 e. The number of nitrogens with zero attached hydrogens (tertiary/aromatic N) is 2. The maximum atomic E-state index is 12.7. The van der Waals surface area contributed by atoms with Gasteiger partial charge in [0, 0.05) is 44.9 Å². The van der Waals surface area contributed by atoms with E-state index in [9.17, 15) is 4.79 Å². The Morgan fingerprint density at radius 1 is 1.04 bits per heavy atom. The minimum absolute atomic E-state index is 0.137. The molecule has 1 heterocycles. The second-order valence-electron chi connectivity index (χ2n) is 7.29. The van der Waals surface area contributed by atoms with Gasteiger partial charge in [-0.3, -0.25) is 4.79 Å². The van der Waals surface area contributed by atoms with E-state index in [-0.39, 0.29) is 5.91 Å². The van der Waals surface area contributed by atoms with Crippen LogP contribution in [-0.2, 0) is 17.8 Å². The van der Waals surface area contributed by atoms with Crippen LogP contribution in [0.15, 0.2) is 42.5 Å². The first-order chi connectivity index (χ1) is 13.6. The Labute approximate surface area is 167 Å². The summed E-state index contributed by atoms with van der Waals surface area (Å²) in [7, 11) is 5.15. The number of carbonyl (C=O) groups excluding carboxylic acids is 1. The maximum Gasteiger partial charge on any atom is 0.222 e. The van der Waals surface area contributed by atoms with Crippen molar-refractivity contribution in [2.24, 2.45) is 0 Å². The van der Waals surface area contributed by atoms with Crippen molar-refractivity contribution in [3.05, 3.63) is 53.6 Å². The van der Waals surface area contributed by atoms with Crippen molar-refractivity contribution < 1.29 is 14.3 Å². The van der Waals surface area contributed by atoms with E-state index in [4.69, 9.17) is 9.47 Å². The third-order valence-electron chi connectivity index (χ3n) is 5.31. The fourth-order valence-corrected chi connectivity index (χ4v) is 3.71. The molecule has 0 atom stereocenters. The summed E-state index contributed by atoms with van der Waals surface area (Å²) in [5.41, 5.74) is 3.51. The maximum absolute atomic E-state index is 12.7. The summed E-state index contributed by atoms with van der Waals surface area (Å²) in [6.07, 6.45) is 3.60. The number of rotatable bonds is 8. The van der Waals surface area contributed by atoms with Gasteiger partial charge in [-0.1, -0.05) is 18.2 Å². The highest BCUT2D eigenvalue weighted by atomic mass is 16.5. The van der Waals surface area contributed by atoms with Gasteiger partial charge < -0.3 is 19.3 Å². The van der Waals surface area contributed by atoms with Crippen LogP contribution in [-0.4, -0.2) is 45.2 Å². The molecular formula is C23H30N2O3. The van der Waals surface area contributed by atoms with Crippen molar-refractivity contribution in [3.63, 3.8) is 0 Å². The van der Waals surface area contributed by atoms with Crippen LogP contribution in [0, 0.1) is 0 Å². The first-order valence-electron chi connectivity index (χ1n) is 9.89. The van der Waals surface area contributed by atoms with Crippen molar-refractivity contribution in [2.75, 3.05) is 39.3 Å². The van der Waals surface area contributed by atoms with Crippen molar-refractivity contribution in [1.82, 2.24) is 4.90 Å². The molecule has 5 nitrogen and oxygen atoms in total. The van der Waals surface area contributed by atoms with E-state index in [1.165, 1.54) is 24.1 Å². The average molecular weight is 383 g/mol. The van der Waals surface area contributed by atoms with Gasteiger partial charge in [0.25, 0.3) is 0 Å². The first kappa shape index (κ1) is 20.1. The standard InChI is InChI=1S/C23H30N2O3/c1-24(17-19-8-4-5-9-22(19)25-12-6-7-13-25)23(26)11-10-18-14-20(27-2)16-21(15-18)28-3/h4-5,8-9,14-16H,6-7,10-13,17H2,1-3H3. The molecule has 0 unspecified atom stereocenters. The van der Waals surface area contributed by atoms with E-state index in [1.807, 2.05) is 30.1 Å². The summed E-state index contributed by atoms with van der Waals surface area (Å²) in [5.74, 6) is 1.63. The van der Waals surface area contributed by atoms with Crippen LogP contribution >= 0.6 is 0 Å². The normalized spacial score (nSPS) is 13.5. The van der Waals surface area contributed by atoms with Crippen LogP contribution in [0.25, 0.3) is 0 Å². The van der Waals surface area contributed by atoms with E-state index in [2.05, 4.69) is 29.2 Å². The molecule has 0 aromatic heterocycles. The number of hydrogen-bond acceptors (Lipinski definition) is 4. The molecule has 0 aliphatic carbocycles. The number of para-hydroxylation sites is 1. The van der Waals surface area contributed by atoms with Crippen molar-refractivity contribution in [3.8, 4) is 11.5 Å². The monoisotopic (exact) mass is 382 g/mol. The number of methoxy groups -OCH3 is 2. The molecule has 1 amide bonds. The van der Waals surface area contributed by atoms with E-state index in [0.29, 0.717) is 19.4 Å². The van der Waals surface area contributed by atoms with Gasteiger partial charge in [-0.25, -0.2) is 0 Å². The molecule has 0 bridgehead atoms. The van der Waals surface area contributed by atoms with Crippen LogP contribution in [0.2, 0.25) is 0 Å². The molecule has 3 rings (SSSR count). The van der Waals surface area contributed by atoms with Gasteiger partial charge >= 0.3 is 0 Å². The second kappa shape index (κ2) is 9.49. The highest BCUT2D eigenvalue weighted by Gasteiger charge is 2.17. The number of hydrogen-bond donors (Lipinski definition) is 0. The quantitative estimate of drug-likeness (QED) is 0.695. The third-order valence-corrected chi connectivity index (χ3v) is 5.31. The first-order valence-corrected chi connectivity index (χ1v) is 9.89. The SMILES string of the molecule is COc1cc(CCC(=O)N(C)Cc2ccccc2N2CCCC2)cc(OC)c1. The summed E-state index contributed by atoms with van der Waals surface area (Å²) >= 11 is 0. The molecule has 2 aromatic rings. The average Bonchev–Trinajstić information content (AvgIpc) is 3.26. The molecular weight excluding hydrogens is 352 g/mol. The van der Waals surface area contributed by atoms with Gasteiger partial charge in [0.15, 0.2) is 0 Å². The molecule has 2 aromatic carbocycles. The van der Waals surface area contributed by atoms with Gasteiger partial charge in [-0.2, -0.15) is 0 Å². The van der Waals surface area contributed by atoms with Gasteiger partial charge in [0.1, 0.15) is 11.5 Å². The Morgan fingerprint density at radius 2 is 1.68 bits per heavy atom. The van der Waals surface area contributed by atoms with Gasteiger partial charge in [0.2, 0.25) is 5.91 Å². The summed E-state index contributed by atoms with van der Waals surface area (Å²) < 4.78 is 10.6. The van der Waals surface area contributed by atoms with Crippen molar-refractivity contribution in [2.45, 2.75) is 32.2 Å². The van der Waals surface area contributed by atoms with E-state index in [1.54, 1.807) is 14.2 Å². The highest BCUT2D eigenvalue weighted by Crippen LogP contribution is 2.26. The van der Waals surface area contributed by atoms with Crippen LogP contribution < -0.4 is 14.4 Å². The van der Waals surface area contributed by atoms with Crippen LogP contribution in [0.1, 0.15) is 30.4 Å². The summed E-state index contributed by atoms with van der Waals surface area (Å²) in [5, 5.41) is 0. The number of aryl methyl sites for hydroxylation is 1. The lowest BCUT2D eigenvalue weighted by atomic mass is 10.1. The number of benzene rings is 2. The lowest BCUT2D eigenvalue weighted by Crippen LogP contribution is -2.28. The predicted octanol–water partition coefficient (Wildman–Crippen LogP) is 3.90. The molecule has 1 saturated heterocycles. The fraction of sp³-hybridized carbons (Fsp3) is 0.435. The van der Waals surface area contributed by atoms with E-state index in [0.717, 1.165) is 30.2 Å². The van der Waals surface area contributed by atoms with Crippen LogP contribution in [0.3, 0.4) is 0 Å². The largest absolute Gasteiger partial charge is 0.497 e. The molecule has 1 aliphatic rings. The summed E-state index contributed by atoms with van der Waals surface area (Å²) in [6.45, 7) is 2.84. The predicted molar refractivity (Wildman–Crippen MR) is 112 cm³/mol. The van der Waals surface area contributed by atoms with Gasteiger partial charge in [-0.05, 0) is 48.6 Å². The number of carbonyl (C=O) groups is 1. The van der Waals surface area contributed by atoms with Crippen molar-refractivity contribution >= 4 is 11.6 Å². The highest BCUT2D eigenvalue weighted by molar-refractivity contribution is 5.76. The molecule has 1 aliphatic heterocycles. The minimum Gasteiger partial charge on any atom is -0.497 e. The third kappa shape index (κ3) is 4.97. The Hall–Kier alpha value is -2.69. The second-order valence-corrected chi connectivity index (χ2v) is 7.29. The molecule has 1 fully saturated rings. The molecule has 5 heteroatoms. The minimum atomic E-state index is 0.137. The Bertz CT molecular complexity index is 778. The van der Waals surface area contributed by atoms with Gasteiger partial charge in [-0.15, -0.1) is 0 Å². The zero-order valence-electron chi connectivity index (χ0n) is 17.1. The number of anilines is 1.